The number of amides is 4. The van der Waals surface area contributed by atoms with Gasteiger partial charge in [0.25, 0.3) is 0 Å². The molecule has 0 fully saturated rings. The Morgan fingerprint density at radius 1 is 0.525 bits per heavy atom. The average Bonchev–Trinajstić information content (AvgIpc) is 3.18. The molecule has 0 bridgehead atoms. The first-order chi connectivity index (χ1) is 28.5. The first kappa shape index (κ1) is 54.8. The number of rotatable bonds is 42. The number of hydrazine groups is 1. The molecular formula is C40H70N4O15. The summed E-state index contributed by atoms with van der Waals surface area (Å²) < 4.78 is 20.9. The van der Waals surface area contributed by atoms with Gasteiger partial charge in [-0.1, -0.05) is 77.0 Å². The smallest absolute Gasteiger partial charge is 0.326 e. The lowest BCUT2D eigenvalue weighted by molar-refractivity contribution is -0.144. The summed E-state index contributed by atoms with van der Waals surface area (Å²) in [4.78, 5) is 93.3. The average molecular weight is 847 g/mol. The van der Waals surface area contributed by atoms with Crippen LogP contribution in [0.4, 0.5) is 0 Å². The van der Waals surface area contributed by atoms with Gasteiger partial charge >= 0.3 is 17.9 Å². The normalized spacial score (nSPS) is 11.4. The van der Waals surface area contributed by atoms with Gasteiger partial charge in [-0.05, 0) is 25.7 Å². The number of carboxylic acids is 3. The molecular weight excluding hydrogens is 776 g/mol. The van der Waals surface area contributed by atoms with Crippen molar-refractivity contribution in [3.8, 4) is 0 Å². The quantitative estimate of drug-likeness (QED) is 0.0293. The van der Waals surface area contributed by atoms with Gasteiger partial charge in [-0.25, -0.2) is 4.79 Å². The van der Waals surface area contributed by atoms with Crippen LogP contribution < -0.4 is 16.1 Å². The maximum Gasteiger partial charge on any atom is 0.326 e. The molecule has 1 atom stereocenters. The van der Waals surface area contributed by atoms with Gasteiger partial charge in [0.05, 0.1) is 46.2 Å². The van der Waals surface area contributed by atoms with E-state index in [1.54, 1.807) is 0 Å². The molecule has 59 heavy (non-hydrogen) atoms. The van der Waals surface area contributed by atoms with Crippen LogP contribution in [0.1, 0.15) is 135 Å². The molecule has 19 heteroatoms. The lowest BCUT2D eigenvalue weighted by atomic mass is 10.0. The van der Waals surface area contributed by atoms with Gasteiger partial charge in [0, 0.05) is 38.6 Å². The summed E-state index contributed by atoms with van der Waals surface area (Å²) >= 11 is 0. The van der Waals surface area contributed by atoms with Crippen molar-refractivity contribution in [1.82, 2.24) is 21.1 Å². The molecule has 0 radical (unpaired) electrons. The first-order valence-corrected chi connectivity index (χ1v) is 21.0. The highest BCUT2D eigenvalue weighted by atomic mass is 16.5. The summed E-state index contributed by atoms with van der Waals surface area (Å²) in [5, 5.41) is 33.3. The maximum atomic E-state index is 12.8. The number of ether oxygens (including phenoxy) is 4. The van der Waals surface area contributed by atoms with E-state index in [4.69, 9.17) is 29.2 Å². The van der Waals surface area contributed by atoms with Gasteiger partial charge in [0.2, 0.25) is 23.6 Å². The minimum absolute atomic E-state index is 0.00363. The summed E-state index contributed by atoms with van der Waals surface area (Å²) in [7, 11) is 0. The van der Waals surface area contributed by atoms with E-state index in [-0.39, 0.29) is 117 Å². The Bertz CT molecular complexity index is 1190. The molecule has 0 rings (SSSR count). The molecule has 0 saturated heterocycles. The molecule has 6 N–H and O–H groups in total. The largest absolute Gasteiger partial charge is 0.481 e. The van der Waals surface area contributed by atoms with Gasteiger partial charge in [-0.15, -0.1) is 0 Å². The van der Waals surface area contributed by atoms with Crippen LogP contribution in [-0.2, 0) is 57.3 Å². The SMILES string of the molecule is O=CCOCCOCCNC(=O)COCCOCCN(NC(=O)CC[C@H](NC(=O)CCCCCCCCCCCCCCCCC(=O)O)C(=O)O)C(=O)CCCC(=O)O. The third kappa shape index (κ3) is 37.8. The second-order valence-corrected chi connectivity index (χ2v) is 14.0. The van der Waals surface area contributed by atoms with Crippen molar-refractivity contribution in [3.63, 3.8) is 0 Å². The highest BCUT2D eigenvalue weighted by Crippen LogP contribution is 2.14. The second kappa shape index (κ2) is 39.3. The highest BCUT2D eigenvalue weighted by Gasteiger charge is 2.23. The lowest BCUT2D eigenvalue weighted by Gasteiger charge is -2.24. The number of aldehydes is 1. The molecule has 0 aromatic carbocycles. The van der Waals surface area contributed by atoms with Gasteiger partial charge < -0.3 is 49.7 Å². The number of nitrogens with zero attached hydrogens (tertiary/aromatic N) is 1. The van der Waals surface area contributed by atoms with E-state index in [1.807, 2.05) is 0 Å². The Kier molecular flexibility index (Phi) is 36.5. The molecule has 4 amide bonds. The van der Waals surface area contributed by atoms with Crippen LogP contribution in [0, 0.1) is 0 Å². The zero-order chi connectivity index (χ0) is 43.8. The van der Waals surface area contributed by atoms with E-state index in [0.29, 0.717) is 12.7 Å². The molecule has 0 aromatic heterocycles. The molecule has 0 aliphatic carbocycles. The Morgan fingerprint density at radius 3 is 1.59 bits per heavy atom. The van der Waals surface area contributed by atoms with Crippen molar-refractivity contribution in [2.75, 3.05) is 65.9 Å². The number of nitrogens with one attached hydrogen (secondary N) is 3. The van der Waals surface area contributed by atoms with Crippen molar-refractivity contribution < 1.29 is 72.6 Å². The zero-order valence-electron chi connectivity index (χ0n) is 34.8. The lowest BCUT2D eigenvalue weighted by Crippen LogP contribution is -2.48. The number of unbranched alkanes of at least 4 members (excludes halogenated alkanes) is 13. The predicted octanol–water partition coefficient (Wildman–Crippen LogP) is 3.16. The minimum atomic E-state index is -1.30. The molecule has 0 aromatic rings. The van der Waals surface area contributed by atoms with Crippen molar-refractivity contribution >= 4 is 47.8 Å². The monoisotopic (exact) mass is 846 g/mol. The Labute approximate surface area is 347 Å². The summed E-state index contributed by atoms with van der Waals surface area (Å²) in [6.07, 6.45) is 14.7. The molecule has 0 unspecified atom stereocenters. The van der Waals surface area contributed by atoms with Crippen molar-refractivity contribution in [2.45, 2.75) is 141 Å². The van der Waals surface area contributed by atoms with Crippen LogP contribution in [0.15, 0.2) is 0 Å². The molecule has 340 valence electrons. The molecule has 0 spiro atoms. The standard InChI is InChI=1S/C40H70N4O15/c45-24-27-58-29-28-56-25-22-41-36(48)32-59-31-30-57-26-23-44(37(49)17-15-19-39(52)53)43-35(47)21-20-33(40(54)55)42-34(46)16-13-11-9-7-5-3-1-2-4-6-8-10-12-14-18-38(50)51/h24,33H,1-23,25-32H2,(H,41,48)(H,42,46)(H,43,47)(H,50,51)(H,52,53)(H,54,55)/t33-/m0/s1. The molecule has 0 saturated carbocycles. The topological polar surface area (TPSA) is 273 Å². The van der Waals surface area contributed by atoms with E-state index in [2.05, 4.69) is 16.1 Å². The van der Waals surface area contributed by atoms with Gasteiger partial charge in [-0.2, -0.15) is 0 Å². The summed E-state index contributed by atoms with van der Waals surface area (Å²) in [5.41, 5.74) is 2.43. The fourth-order valence-corrected chi connectivity index (χ4v) is 5.66. The minimum Gasteiger partial charge on any atom is -0.481 e. The zero-order valence-corrected chi connectivity index (χ0v) is 34.8. The summed E-state index contributed by atoms with van der Waals surface area (Å²) in [6.45, 7) is 0.814. The maximum absolute atomic E-state index is 12.8. The molecule has 0 heterocycles. The van der Waals surface area contributed by atoms with Gasteiger partial charge in [0.1, 0.15) is 25.5 Å². The molecule has 0 aliphatic rings. The van der Waals surface area contributed by atoms with Crippen molar-refractivity contribution in [2.24, 2.45) is 0 Å². The van der Waals surface area contributed by atoms with E-state index in [9.17, 15) is 43.5 Å². The van der Waals surface area contributed by atoms with Crippen LogP contribution in [0.2, 0.25) is 0 Å². The Hall–Kier alpha value is -4.20. The second-order valence-electron chi connectivity index (χ2n) is 14.0. The highest BCUT2D eigenvalue weighted by molar-refractivity contribution is 5.85. The summed E-state index contributed by atoms with van der Waals surface area (Å²) in [6, 6.07) is -1.30. The van der Waals surface area contributed by atoms with Gasteiger partial charge in [0.15, 0.2) is 0 Å². The number of carbonyl (C=O) groups excluding carboxylic acids is 5. The van der Waals surface area contributed by atoms with Crippen molar-refractivity contribution in [1.29, 1.82) is 0 Å². The van der Waals surface area contributed by atoms with Crippen molar-refractivity contribution in [3.05, 3.63) is 0 Å². The fraction of sp³-hybridized carbons (Fsp3) is 0.800. The molecule has 0 aliphatic heterocycles. The Balaban J connectivity index is 4.34. The Morgan fingerprint density at radius 2 is 1.03 bits per heavy atom. The number of hydrogen-bond donors (Lipinski definition) is 6. The van der Waals surface area contributed by atoms with Gasteiger partial charge in [-0.3, -0.25) is 39.2 Å². The van der Waals surface area contributed by atoms with Crippen LogP contribution in [0.5, 0.6) is 0 Å². The summed E-state index contributed by atoms with van der Waals surface area (Å²) in [5.74, 6) is -5.12. The predicted molar refractivity (Wildman–Crippen MR) is 214 cm³/mol. The van der Waals surface area contributed by atoms with E-state index < -0.39 is 41.7 Å². The van der Waals surface area contributed by atoms with E-state index in [1.165, 1.54) is 32.1 Å². The molecule has 19 nitrogen and oxygen atoms in total. The van der Waals surface area contributed by atoms with Crippen LogP contribution in [0.3, 0.4) is 0 Å². The number of carbonyl (C=O) groups is 8. The third-order valence-corrected chi connectivity index (χ3v) is 8.87. The third-order valence-electron chi connectivity index (χ3n) is 8.87. The van der Waals surface area contributed by atoms with Crippen LogP contribution >= 0.6 is 0 Å². The number of aliphatic carboxylic acids is 3. The number of hydrogen-bond acceptors (Lipinski definition) is 12. The first-order valence-electron chi connectivity index (χ1n) is 21.0. The van der Waals surface area contributed by atoms with E-state index in [0.717, 1.165) is 56.4 Å². The fourth-order valence-electron chi connectivity index (χ4n) is 5.66. The van der Waals surface area contributed by atoms with Crippen LogP contribution in [-0.4, -0.2) is 140 Å². The van der Waals surface area contributed by atoms with Crippen LogP contribution in [0.25, 0.3) is 0 Å². The number of carboxylic acid groups (broad SMARTS) is 3. The van der Waals surface area contributed by atoms with E-state index >= 15 is 0 Å².